The number of rotatable bonds is 6. The Bertz CT molecular complexity index is 566. The first kappa shape index (κ1) is 16.7. The van der Waals surface area contributed by atoms with E-state index in [0.29, 0.717) is 18.7 Å². The van der Waals surface area contributed by atoms with Crippen LogP contribution in [-0.2, 0) is 14.8 Å². The lowest BCUT2D eigenvalue weighted by Gasteiger charge is -2.23. The predicted molar refractivity (Wildman–Crippen MR) is 78.9 cm³/mol. The van der Waals surface area contributed by atoms with Crippen LogP contribution in [0.25, 0.3) is 0 Å². The van der Waals surface area contributed by atoms with Gasteiger partial charge >= 0.3 is 0 Å². The van der Waals surface area contributed by atoms with E-state index in [1.54, 1.807) is 36.9 Å². The quantitative estimate of drug-likeness (QED) is 0.866. The minimum absolute atomic E-state index is 0.208. The molecule has 20 heavy (non-hydrogen) atoms. The van der Waals surface area contributed by atoms with E-state index in [0.717, 1.165) is 0 Å². The van der Waals surface area contributed by atoms with Gasteiger partial charge in [0.25, 0.3) is 0 Å². The van der Waals surface area contributed by atoms with Crippen LogP contribution in [0, 0.1) is 6.92 Å². The van der Waals surface area contributed by atoms with Gasteiger partial charge in [-0.2, -0.15) is 4.72 Å². The molecule has 0 aliphatic rings. The van der Waals surface area contributed by atoms with Gasteiger partial charge < -0.3 is 4.90 Å². The summed E-state index contributed by atoms with van der Waals surface area (Å²) in [4.78, 5) is 13.9. The molecule has 1 aromatic carbocycles. The summed E-state index contributed by atoms with van der Waals surface area (Å²) in [5.41, 5.74) is 0.655. The van der Waals surface area contributed by atoms with Crippen LogP contribution in [0.2, 0.25) is 0 Å². The fraction of sp³-hybridized carbons (Fsp3) is 0.500. The van der Waals surface area contributed by atoms with Gasteiger partial charge in [0.2, 0.25) is 15.9 Å². The Hall–Kier alpha value is -1.40. The first-order valence-corrected chi connectivity index (χ1v) is 8.18. The number of nitrogens with one attached hydrogen (secondary N) is 1. The number of sulfonamides is 1. The van der Waals surface area contributed by atoms with E-state index in [4.69, 9.17) is 0 Å². The Morgan fingerprint density at radius 1 is 1.25 bits per heavy atom. The average molecular weight is 298 g/mol. The lowest BCUT2D eigenvalue weighted by atomic mass is 10.2. The summed E-state index contributed by atoms with van der Waals surface area (Å²) in [6.07, 6.45) is 0. The van der Waals surface area contributed by atoms with Gasteiger partial charge in [0.1, 0.15) is 0 Å². The summed E-state index contributed by atoms with van der Waals surface area (Å²) in [5.74, 6) is -0.216. The lowest BCUT2D eigenvalue weighted by molar-refractivity contribution is -0.132. The van der Waals surface area contributed by atoms with E-state index < -0.39 is 16.1 Å². The van der Waals surface area contributed by atoms with Crippen molar-refractivity contribution in [1.29, 1.82) is 0 Å². The monoisotopic (exact) mass is 298 g/mol. The Balaban J connectivity index is 2.92. The van der Waals surface area contributed by atoms with Crippen molar-refractivity contribution in [2.45, 2.75) is 38.6 Å². The lowest BCUT2D eigenvalue weighted by Crippen LogP contribution is -2.46. The van der Waals surface area contributed by atoms with Crippen molar-refractivity contribution in [1.82, 2.24) is 9.62 Å². The summed E-state index contributed by atoms with van der Waals surface area (Å²) in [6.45, 7) is 8.15. The van der Waals surface area contributed by atoms with Crippen LogP contribution in [0.4, 0.5) is 0 Å². The maximum atomic E-state index is 12.3. The molecule has 0 aliphatic heterocycles. The van der Waals surface area contributed by atoms with Gasteiger partial charge in [0.15, 0.2) is 0 Å². The van der Waals surface area contributed by atoms with E-state index in [1.165, 1.54) is 6.07 Å². The van der Waals surface area contributed by atoms with E-state index in [-0.39, 0.29) is 10.8 Å². The molecule has 6 heteroatoms. The zero-order chi connectivity index (χ0) is 15.3. The summed E-state index contributed by atoms with van der Waals surface area (Å²) in [7, 11) is -3.68. The first-order valence-electron chi connectivity index (χ1n) is 6.70. The van der Waals surface area contributed by atoms with Gasteiger partial charge in [-0.3, -0.25) is 4.79 Å². The number of amides is 1. The van der Waals surface area contributed by atoms with E-state index in [2.05, 4.69) is 4.72 Å². The smallest absolute Gasteiger partial charge is 0.241 e. The molecule has 1 rings (SSSR count). The minimum atomic E-state index is -3.68. The molecular formula is C14H22N2O3S. The van der Waals surface area contributed by atoms with Crippen LogP contribution in [0.5, 0.6) is 0 Å². The zero-order valence-corrected chi connectivity index (χ0v) is 13.2. The number of hydrogen-bond donors (Lipinski definition) is 1. The Kier molecular flexibility index (Phi) is 5.71. The highest BCUT2D eigenvalue weighted by molar-refractivity contribution is 7.89. The second-order valence-electron chi connectivity index (χ2n) is 4.62. The molecular weight excluding hydrogens is 276 g/mol. The Morgan fingerprint density at radius 3 is 2.30 bits per heavy atom. The summed E-state index contributed by atoms with van der Waals surface area (Å²) in [6, 6.07) is 5.93. The number of nitrogens with zero attached hydrogens (tertiary/aromatic N) is 1. The third-order valence-corrected chi connectivity index (χ3v) is 4.86. The van der Waals surface area contributed by atoms with Gasteiger partial charge in [-0.15, -0.1) is 0 Å². The second-order valence-corrected chi connectivity index (χ2v) is 6.30. The number of aryl methyl sites for hydroxylation is 1. The van der Waals surface area contributed by atoms with Crippen molar-refractivity contribution in [3.8, 4) is 0 Å². The number of carbonyl (C=O) groups excluding carboxylic acids is 1. The SMILES string of the molecule is CCN(CC)C(=O)C(C)NS(=O)(=O)c1ccccc1C. The number of hydrogen-bond acceptors (Lipinski definition) is 3. The minimum Gasteiger partial charge on any atom is -0.342 e. The molecule has 0 aromatic heterocycles. The standard InChI is InChI=1S/C14H22N2O3S/c1-5-16(6-2)14(17)12(4)15-20(18,19)13-10-8-7-9-11(13)3/h7-10,12,15H,5-6H2,1-4H3. The van der Waals surface area contributed by atoms with Gasteiger partial charge in [0.05, 0.1) is 10.9 Å². The molecule has 0 fully saturated rings. The van der Waals surface area contributed by atoms with Crippen LogP contribution in [0.3, 0.4) is 0 Å². The van der Waals surface area contributed by atoms with Crippen LogP contribution in [0.15, 0.2) is 29.2 Å². The van der Waals surface area contributed by atoms with Gasteiger partial charge in [-0.1, -0.05) is 18.2 Å². The summed E-state index contributed by atoms with van der Waals surface area (Å²) < 4.78 is 27.0. The van der Waals surface area contributed by atoms with Crippen molar-refractivity contribution in [2.75, 3.05) is 13.1 Å². The van der Waals surface area contributed by atoms with Crippen molar-refractivity contribution in [2.24, 2.45) is 0 Å². The molecule has 0 saturated heterocycles. The largest absolute Gasteiger partial charge is 0.342 e. The molecule has 1 aromatic rings. The normalized spacial score (nSPS) is 13.0. The van der Waals surface area contributed by atoms with Crippen molar-refractivity contribution >= 4 is 15.9 Å². The molecule has 1 amide bonds. The molecule has 112 valence electrons. The van der Waals surface area contributed by atoms with Crippen LogP contribution >= 0.6 is 0 Å². The number of carbonyl (C=O) groups is 1. The third kappa shape index (κ3) is 3.80. The second kappa shape index (κ2) is 6.85. The predicted octanol–water partition coefficient (Wildman–Crippen LogP) is 1.53. The summed E-state index contributed by atoms with van der Waals surface area (Å²) in [5, 5.41) is 0. The summed E-state index contributed by atoms with van der Waals surface area (Å²) >= 11 is 0. The van der Waals surface area contributed by atoms with Gasteiger partial charge in [-0.25, -0.2) is 8.42 Å². The fourth-order valence-electron chi connectivity index (χ4n) is 2.01. The van der Waals surface area contributed by atoms with Crippen LogP contribution in [0.1, 0.15) is 26.3 Å². The van der Waals surface area contributed by atoms with Crippen molar-refractivity contribution in [3.63, 3.8) is 0 Å². The molecule has 0 saturated carbocycles. The molecule has 0 spiro atoms. The maximum absolute atomic E-state index is 12.3. The number of benzene rings is 1. The van der Waals surface area contributed by atoms with Crippen LogP contribution < -0.4 is 4.72 Å². The fourth-order valence-corrected chi connectivity index (χ4v) is 3.46. The van der Waals surface area contributed by atoms with Crippen molar-refractivity contribution < 1.29 is 13.2 Å². The van der Waals surface area contributed by atoms with Crippen LogP contribution in [-0.4, -0.2) is 38.4 Å². The molecule has 1 unspecified atom stereocenters. The topological polar surface area (TPSA) is 66.5 Å². The highest BCUT2D eigenvalue weighted by Crippen LogP contribution is 2.14. The van der Waals surface area contributed by atoms with Gasteiger partial charge in [-0.05, 0) is 39.3 Å². The first-order chi connectivity index (χ1) is 9.33. The third-order valence-electron chi connectivity index (χ3n) is 3.16. The number of likely N-dealkylation sites (N-methyl/N-ethyl adjacent to an activating group) is 1. The molecule has 0 heterocycles. The van der Waals surface area contributed by atoms with Gasteiger partial charge in [0, 0.05) is 13.1 Å². The molecule has 0 radical (unpaired) electrons. The highest BCUT2D eigenvalue weighted by Gasteiger charge is 2.25. The van der Waals surface area contributed by atoms with E-state index in [1.807, 2.05) is 13.8 Å². The maximum Gasteiger partial charge on any atom is 0.241 e. The molecule has 0 bridgehead atoms. The van der Waals surface area contributed by atoms with Crippen molar-refractivity contribution in [3.05, 3.63) is 29.8 Å². The molecule has 1 N–H and O–H groups in total. The zero-order valence-electron chi connectivity index (χ0n) is 12.4. The Labute approximate surface area is 121 Å². The average Bonchev–Trinajstić information content (AvgIpc) is 2.39. The Morgan fingerprint density at radius 2 is 1.80 bits per heavy atom. The highest BCUT2D eigenvalue weighted by atomic mass is 32.2. The molecule has 0 aliphatic carbocycles. The molecule has 1 atom stereocenters. The van der Waals surface area contributed by atoms with E-state index in [9.17, 15) is 13.2 Å². The van der Waals surface area contributed by atoms with E-state index >= 15 is 0 Å². The molecule has 5 nitrogen and oxygen atoms in total.